The number of hydrogen-bond donors (Lipinski definition) is 2. The van der Waals surface area contributed by atoms with Gasteiger partial charge in [0.1, 0.15) is 0 Å². The van der Waals surface area contributed by atoms with E-state index in [9.17, 15) is 0 Å². The molecule has 0 saturated carbocycles. The molecule has 17 heavy (non-hydrogen) atoms. The van der Waals surface area contributed by atoms with Crippen molar-refractivity contribution in [3.63, 3.8) is 0 Å². The summed E-state index contributed by atoms with van der Waals surface area (Å²) in [6.07, 6.45) is 2.09. The van der Waals surface area contributed by atoms with Gasteiger partial charge in [-0.05, 0) is 37.1 Å². The fourth-order valence-corrected chi connectivity index (χ4v) is 2.27. The van der Waals surface area contributed by atoms with Crippen LogP contribution >= 0.6 is 0 Å². The van der Waals surface area contributed by atoms with Gasteiger partial charge in [0, 0.05) is 26.3 Å². The quantitative estimate of drug-likeness (QED) is 0.580. The molecule has 0 heterocycles. The lowest BCUT2D eigenvalue weighted by Gasteiger charge is -2.26. The molecule has 0 spiro atoms. The normalized spacial score (nSPS) is 13.9. The molecule has 0 aromatic rings. The fourth-order valence-electron chi connectivity index (χ4n) is 2.27. The summed E-state index contributed by atoms with van der Waals surface area (Å²) in [5, 5.41) is 3.51. The van der Waals surface area contributed by atoms with Crippen molar-refractivity contribution >= 4 is 0 Å². The van der Waals surface area contributed by atoms with Gasteiger partial charge in [-0.2, -0.15) is 0 Å². The lowest BCUT2D eigenvalue weighted by Crippen LogP contribution is -2.38. The Labute approximate surface area is 107 Å². The Kier molecular flexibility index (Phi) is 9.79. The molecule has 3 nitrogen and oxygen atoms in total. The second kappa shape index (κ2) is 9.86. The van der Waals surface area contributed by atoms with E-state index in [2.05, 4.69) is 33.0 Å². The molecule has 3 heteroatoms. The molecule has 0 saturated heterocycles. The molecule has 0 fully saturated rings. The van der Waals surface area contributed by atoms with Crippen LogP contribution in [-0.2, 0) is 4.74 Å². The third-order valence-corrected chi connectivity index (χ3v) is 3.42. The van der Waals surface area contributed by atoms with Crippen LogP contribution in [0.1, 0.15) is 40.5 Å². The van der Waals surface area contributed by atoms with Gasteiger partial charge in [-0.25, -0.2) is 0 Å². The SMILES string of the molecule is COCCCC(N)CNCC(C(C)C)C(C)C. The van der Waals surface area contributed by atoms with Gasteiger partial charge in [-0.15, -0.1) is 0 Å². The standard InChI is InChI=1S/C14H32N2O/c1-11(2)14(12(3)4)10-16-9-13(15)7-6-8-17-5/h11-14,16H,6-10,15H2,1-5H3. The number of hydrogen-bond acceptors (Lipinski definition) is 3. The molecular formula is C14H32N2O. The van der Waals surface area contributed by atoms with Crippen LogP contribution in [0.3, 0.4) is 0 Å². The minimum Gasteiger partial charge on any atom is -0.385 e. The highest BCUT2D eigenvalue weighted by atomic mass is 16.5. The van der Waals surface area contributed by atoms with Crippen LogP contribution in [0.15, 0.2) is 0 Å². The summed E-state index contributed by atoms with van der Waals surface area (Å²) < 4.78 is 5.02. The topological polar surface area (TPSA) is 47.3 Å². The van der Waals surface area contributed by atoms with Gasteiger partial charge in [0.25, 0.3) is 0 Å². The average Bonchev–Trinajstić information content (AvgIpc) is 2.23. The van der Waals surface area contributed by atoms with Crippen LogP contribution in [0.4, 0.5) is 0 Å². The van der Waals surface area contributed by atoms with Crippen molar-refractivity contribution in [1.82, 2.24) is 5.32 Å². The monoisotopic (exact) mass is 244 g/mol. The maximum Gasteiger partial charge on any atom is 0.0462 e. The Morgan fingerprint density at radius 2 is 1.65 bits per heavy atom. The summed E-state index contributed by atoms with van der Waals surface area (Å²) in [5.41, 5.74) is 6.03. The Bertz CT molecular complexity index is 164. The van der Waals surface area contributed by atoms with Crippen molar-refractivity contribution in [2.75, 3.05) is 26.8 Å². The predicted molar refractivity (Wildman–Crippen MR) is 75.1 cm³/mol. The maximum absolute atomic E-state index is 6.03. The number of nitrogens with one attached hydrogen (secondary N) is 1. The number of methoxy groups -OCH3 is 1. The molecule has 0 aromatic carbocycles. The van der Waals surface area contributed by atoms with E-state index >= 15 is 0 Å². The molecule has 3 N–H and O–H groups in total. The largest absolute Gasteiger partial charge is 0.385 e. The smallest absolute Gasteiger partial charge is 0.0462 e. The summed E-state index contributed by atoms with van der Waals surface area (Å²) in [6.45, 7) is 12.0. The first-order valence-corrected chi connectivity index (χ1v) is 6.94. The van der Waals surface area contributed by atoms with Crippen molar-refractivity contribution in [3.05, 3.63) is 0 Å². The summed E-state index contributed by atoms with van der Waals surface area (Å²) in [6, 6.07) is 0.255. The molecule has 0 aromatic heterocycles. The van der Waals surface area contributed by atoms with E-state index in [0.29, 0.717) is 0 Å². The van der Waals surface area contributed by atoms with Crippen molar-refractivity contribution in [2.45, 2.75) is 46.6 Å². The Hall–Kier alpha value is -0.120. The van der Waals surface area contributed by atoms with Gasteiger partial charge < -0.3 is 15.8 Å². The minimum atomic E-state index is 0.255. The lowest BCUT2D eigenvalue weighted by atomic mass is 9.85. The highest BCUT2D eigenvalue weighted by molar-refractivity contribution is 4.72. The lowest BCUT2D eigenvalue weighted by molar-refractivity contribution is 0.190. The molecule has 104 valence electrons. The summed E-state index contributed by atoms with van der Waals surface area (Å²) in [5.74, 6) is 2.20. The van der Waals surface area contributed by atoms with Gasteiger partial charge in [-0.3, -0.25) is 0 Å². The second-order valence-corrected chi connectivity index (χ2v) is 5.71. The van der Waals surface area contributed by atoms with Crippen LogP contribution in [0.2, 0.25) is 0 Å². The van der Waals surface area contributed by atoms with E-state index in [-0.39, 0.29) is 6.04 Å². The van der Waals surface area contributed by atoms with Crippen LogP contribution < -0.4 is 11.1 Å². The first-order valence-electron chi connectivity index (χ1n) is 6.94. The Morgan fingerprint density at radius 3 is 2.12 bits per heavy atom. The fraction of sp³-hybridized carbons (Fsp3) is 1.00. The zero-order valence-corrected chi connectivity index (χ0v) is 12.3. The number of rotatable bonds is 10. The van der Waals surface area contributed by atoms with Crippen LogP contribution in [0, 0.1) is 17.8 Å². The average molecular weight is 244 g/mol. The Morgan fingerprint density at radius 1 is 1.06 bits per heavy atom. The minimum absolute atomic E-state index is 0.255. The van der Waals surface area contributed by atoms with E-state index in [0.717, 1.165) is 50.3 Å². The molecular weight excluding hydrogens is 212 g/mol. The summed E-state index contributed by atoms with van der Waals surface area (Å²) in [4.78, 5) is 0. The predicted octanol–water partition coefficient (Wildman–Crippen LogP) is 2.26. The van der Waals surface area contributed by atoms with Gasteiger partial charge in [-0.1, -0.05) is 27.7 Å². The first kappa shape index (κ1) is 16.9. The third-order valence-electron chi connectivity index (χ3n) is 3.42. The molecule has 0 radical (unpaired) electrons. The van der Waals surface area contributed by atoms with Gasteiger partial charge >= 0.3 is 0 Å². The molecule has 0 amide bonds. The molecule has 1 atom stereocenters. The Balaban J connectivity index is 3.66. The van der Waals surface area contributed by atoms with Crippen LogP contribution in [0.5, 0.6) is 0 Å². The zero-order chi connectivity index (χ0) is 13.3. The second-order valence-electron chi connectivity index (χ2n) is 5.71. The van der Waals surface area contributed by atoms with E-state index in [1.807, 2.05) is 0 Å². The zero-order valence-electron chi connectivity index (χ0n) is 12.3. The van der Waals surface area contributed by atoms with Crippen LogP contribution in [0.25, 0.3) is 0 Å². The third kappa shape index (κ3) is 8.58. The first-order chi connectivity index (χ1) is 7.99. The van der Waals surface area contributed by atoms with E-state index in [1.54, 1.807) is 7.11 Å². The van der Waals surface area contributed by atoms with Crippen molar-refractivity contribution in [1.29, 1.82) is 0 Å². The number of ether oxygens (including phenoxy) is 1. The van der Waals surface area contributed by atoms with Crippen molar-refractivity contribution < 1.29 is 4.74 Å². The molecule has 1 unspecified atom stereocenters. The molecule has 0 bridgehead atoms. The van der Waals surface area contributed by atoms with Gasteiger partial charge in [0.2, 0.25) is 0 Å². The van der Waals surface area contributed by atoms with Gasteiger partial charge in [0.05, 0.1) is 0 Å². The molecule has 0 aliphatic carbocycles. The van der Waals surface area contributed by atoms with E-state index in [4.69, 9.17) is 10.5 Å². The molecule has 0 aliphatic rings. The maximum atomic E-state index is 6.03. The van der Waals surface area contributed by atoms with Gasteiger partial charge in [0.15, 0.2) is 0 Å². The van der Waals surface area contributed by atoms with Crippen LogP contribution in [-0.4, -0.2) is 32.8 Å². The summed E-state index contributed by atoms with van der Waals surface area (Å²) in [7, 11) is 1.74. The molecule has 0 aliphatic heterocycles. The molecule has 0 rings (SSSR count). The van der Waals surface area contributed by atoms with E-state index in [1.165, 1.54) is 0 Å². The van der Waals surface area contributed by atoms with Crippen molar-refractivity contribution in [2.24, 2.45) is 23.5 Å². The van der Waals surface area contributed by atoms with Crippen molar-refractivity contribution in [3.8, 4) is 0 Å². The highest BCUT2D eigenvalue weighted by Crippen LogP contribution is 2.19. The highest BCUT2D eigenvalue weighted by Gasteiger charge is 2.17. The van der Waals surface area contributed by atoms with E-state index < -0.39 is 0 Å². The summed E-state index contributed by atoms with van der Waals surface area (Å²) >= 11 is 0. The number of nitrogens with two attached hydrogens (primary N) is 1.